The molecule has 0 bridgehead atoms. The number of nitrogens with one attached hydrogen (secondary N) is 2. The zero-order valence-electron chi connectivity index (χ0n) is 10.4. The molecule has 2 N–H and O–H groups in total. The van der Waals surface area contributed by atoms with Crippen LogP contribution in [-0.2, 0) is 4.79 Å². The van der Waals surface area contributed by atoms with Gasteiger partial charge in [0.15, 0.2) is 0 Å². The van der Waals surface area contributed by atoms with Gasteiger partial charge in [0.05, 0.1) is 12.1 Å². The molecule has 0 saturated carbocycles. The van der Waals surface area contributed by atoms with E-state index in [1.165, 1.54) is 0 Å². The van der Waals surface area contributed by atoms with Crippen LogP contribution in [0.15, 0.2) is 0 Å². The monoisotopic (exact) mass is 256 g/mol. The third-order valence-electron chi connectivity index (χ3n) is 3.49. The van der Waals surface area contributed by atoms with Crippen LogP contribution in [0, 0.1) is 5.92 Å². The van der Waals surface area contributed by atoms with Crippen LogP contribution in [-0.4, -0.2) is 34.9 Å². The SMILES string of the molecule is CC(C)C(=O)CCCC1SCC2NC(=O)NC21. The minimum atomic E-state index is -0.0384. The van der Waals surface area contributed by atoms with Crippen LogP contribution < -0.4 is 10.6 Å². The van der Waals surface area contributed by atoms with E-state index in [0.29, 0.717) is 23.5 Å². The first-order valence-corrected chi connectivity index (χ1v) is 7.34. The van der Waals surface area contributed by atoms with Crippen molar-refractivity contribution in [1.29, 1.82) is 0 Å². The van der Waals surface area contributed by atoms with Gasteiger partial charge < -0.3 is 10.6 Å². The second kappa shape index (κ2) is 5.29. The average molecular weight is 256 g/mol. The van der Waals surface area contributed by atoms with Gasteiger partial charge in [-0.25, -0.2) is 4.79 Å². The Morgan fingerprint density at radius 1 is 1.47 bits per heavy atom. The second-order valence-corrected chi connectivity index (χ2v) is 6.41. The number of rotatable bonds is 5. The van der Waals surface area contributed by atoms with E-state index in [9.17, 15) is 9.59 Å². The van der Waals surface area contributed by atoms with E-state index in [-0.39, 0.29) is 18.0 Å². The van der Waals surface area contributed by atoms with Gasteiger partial charge in [0.25, 0.3) is 0 Å². The Morgan fingerprint density at radius 3 is 2.94 bits per heavy atom. The Labute approximate surface area is 106 Å². The van der Waals surface area contributed by atoms with Crippen molar-refractivity contribution >= 4 is 23.6 Å². The van der Waals surface area contributed by atoms with Gasteiger partial charge in [0.1, 0.15) is 5.78 Å². The van der Waals surface area contributed by atoms with Crippen LogP contribution in [0.2, 0.25) is 0 Å². The van der Waals surface area contributed by atoms with Crippen molar-refractivity contribution in [3.05, 3.63) is 0 Å². The molecule has 2 aliphatic rings. The number of amides is 2. The first-order chi connectivity index (χ1) is 8.08. The van der Waals surface area contributed by atoms with Gasteiger partial charge in [-0.2, -0.15) is 11.8 Å². The van der Waals surface area contributed by atoms with Crippen molar-refractivity contribution in [1.82, 2.24) is 10.6 Å². The van der Waals surface area contributed by atoms with Crippen molar-refractivity contribution in [3.63, 3.8) is 0 Å². The summed E-state index contributed by atoms with van der Waals surface area (Å²) in [6, 6.07) is 0.517. The number of ketones is 1. The zero-order chi connectivity index (χ0) is 12.4. The molecule has 0 aromatic heterocycles. The molecule has 2 heterocycles. The summed E-state index contributed by atoms with van der Waals surface area (Å²) in [5.74, 6) is 1.48. The second-order valence-electron chi connectivity index (χ2n) is 5.14. The van der Waals surface area contributed by atoms with Gasteiger partial charge in [0.2, 0.25) is 0 Å². The highest BCUT2D eigenvalue weighted by Gasteiger charge is 2.42. The molecule has 5 heteroatoms. The first-order valence-electron chi connectivity index (χ1n) is 6.29. The van der Waals surface area contributed by atoms with Gasteiger partial charge in [-0.1, -0.05) is 13.8 Å². The fourth-order valence-corrected chi connectivity index (χ4v) is 3.95. The Balaban J connectivity index is 1.73. The van der Waals surface area contributed by atoms with E-state index in [1.54, 1.807) is 0 Å². The van der Waals surface area contributed by atoms with Gasteiger partial charge in [-0.05, 0) is 12.8 Å². The summed E-state index contributed by atoms with van der Waals surface area (Å²) in [6.07, 6.45) is 2.63. The summed E-state index contributed by atoms with van der Waals surface area (Å²) in [5, 5.41) is 6.37. The molecule has 0 aromatic rings. The molecule has 96 valence electrons. The predicted octanol–water partition coefficient (Wildman–Crippen LogP) is 1.55. The number of Topliss-reactive ketones (excluding diaryl/α,β-unsaturated/α-hetero) is 1. The lowest BCUT2D eigenvalue weighted by molar-refractivity contribution is -0.122. The van der Waals surface area contributed by atoms with E-state index >= 15 is 0 Å². The Morgan fingerprint density at radius 2 is 2.24 bits per heavy atom. The van der Waals surface area contributed by atoms with E-state index < -0.39 is 0 Å². The van der Waals surface area contributed by atoms with Crippen LogP contribution in [0.1, 0.15) is 33.1 Å². The van der Waals surface area contributed by atoms with Crippen LogP contribution in [0.5, 0.6) is 0 Å². The third kappa shape index (κ3) is 2.94. The largest absolute Gasteiger partial charge is 0.332 e. The molecule has 17 heavy (non-hydrogen) atoms. The lowest BCUT2D eigenvalue weighted by Crippen LogP contribution is -2.36. The predicted molar refractivity (Wildman–Crippen MR) is 69.2 cm³/mol. The highest BCUT2D eigenvalue weighted by molar-refractivity contribution is 8.00. The van der Waals surface area contributed by atoms with Crippen molar-refractivity contribution in [2.24, 2.45) is 5.92 Å². The van der Waals surface area contributed by atoms with Crippen molar-refractivity contribution in [2.45, 2.75) is 50.4 Å². The van der Waals surface area contributed by atoms with E-state index in [1.807, 2.05) is 25.6 Å². The van der Waals surface area contributed by atoms with E-state index in [2.05, 4.69) is 10.6 Å². The van der Waals surface area contributed by atoms with Crippen molar-refractivity contribution in [2.75, 3.05) is 5.75 Å². The Hall–Kier alpha value is -0.710. The lowest BCUT2D eigenvalue weighted by Gasteiger charge is -2.16. The van der Waals surface area contributed by atoms with Crippen LogP contribution >= 0.6 is 11.8 Å². The van der Waals surface area contributed by atoms with Gasteiger partial charge in [-0.3, -0.25) is 4.79 Å². The summed E-state index contributed by atoms with van der Waals surface area (Å²) in [4.78, 5) is 22.7. The maximum atomic E-state index is 11.5. The highest BCUT2D eigenvalue weighted by Crippen LogP contribution is 2.33. The number of thioether (sulfide) groups is 1. The first kappa shape index (κ1) is 12.7. The molecule has 2 rings (SSSR count). The van der Waals surface area contributed by atoms with E-state index in [0.717, 1.165) is 18.6 Å². The maximum Gasteiger partial charge on any atom is 0.315 e. The molecule has 0 aromatic carbocycles. The minimum Gasteiger partial charge on any atom is -0.332 e. The quantitative estimate of drug-likeness (QED) is 0.734. The summed E-state index contributed by atoms with van der Waals surface area (Å²) >= 11 is 1.91. The highest BCUT2D eigenvalue weighted by atomic mass is 32.2. The number of fused-ring (bicyclic) bond motifs is 1. The lowest BCUT2D eigenvalue weighted by atomic mass is 9.99. The molecular formula is C12H20N2O2S. The van der Waals surface area contributed by atoms with Crippen molar-refractivity contribution in [3.8, 4) is 0 Å². The molecule has 0 aliphatic carbocycles. The van der Waals surface area contributed by atoms with Gasteiger partial charge >= 0.3 is 6.03 Å². The third-order valence-corrected chi connectivity index (χ3v) is 5.00. The number of carbonyl (C=O) groups is 2. The molecule has 4 nitrogen and oxygen atoms in total. The molecule has 3 atom stereocenters. The van der Waals surface area contributed by atoms with Crippen molar-refractivity contribution < 1.29 is 9.59 Å². The molecule has 3 unspecified atom stereocenters. The average Bonchev–Trinajstić information content (AvgIpc) is 2.78. The molecule has 2 amide bonds. The van der Waals surface area contributed by atoms with Crippen LogP contribution in [0.3, 0.4) is 0 Å². The summed E-state index contributed by atoms with van der Waals surface area (Å²) in [7, 11) is 0. The maximum absolute atomic E-state index is 11.5. The summed E-state index contributed by atoms with van der Waals surface area (Å²) < 4.78 is 0. The molecular weight excluding hydrogens is 236 g/mol. The fourth-order valence-electron chi connectivity index (χ4n) is 2.41. The molecule has 2 aliphatic heterocycles. The van der Waals surface area contributed by atoms with Gasteiger partial charge in [0, 0.05) is 23.3 Å². The normalized spacial score (nSPS) is 31.2. The number of hydrogen-bond donors (Lipinski definition) is 2. The Kier molecular flexibility index (Phi) is 3.97. The number of hydrogen-bond acceptors (Lipinski definition) is 3. The Bertz CT molecular complexity index is 320. The summed E-state index contributed by atoms with van der Waals surface area (Å²) in [5.41, 5.74) is 0. The van der Waals surface area contributed by atoms with E-state index in [4.69, 9.17) is 0 Å². The topological polar surface area (TPSA) is 58.2 Å². The van der Waals surface area contributed by atoms with Crippen LogP contribution in [0.4, 0.5) is 4.79 Å². The molecule has 0 radical (unpaired) electrons. The zero-order valence-corrected chi connectivity index (χ0v) is 11.2. The summed E-state index contributed by atoms with van der Waals surface area (Å²) in [6.45, 7) is 3.90. The molecule has 0 spiro atoms. The van der Waals surface area contributed by atoms with Crippen LogP contribution in [0.25, 0.3) is 0 Å². The standard InChI is InChI=1S/C12H20N2O2S/c1-7(2)9(15)4-3-5-10-11-8(6-17-10)13-12(16)14-11/h7-8,10-11H,3-6H2,1-2H3,(H2,13,14,16). The smallest absolute Gasteiger partial charge is 0.315 e. The fraction of sp³-hybridized carbons (Fsp3) is 0.833. The molecule has 2 fully saturated rings. The number of urea groups is 1. The van der Waals surface area contributed by atoms with Gasteiger partial charge in [-0.15, -0.1) is 0 Å². The minimum absolute atomic E-state index is 0.0384. The number of carbonyl (C=O) groups excluding carboxylic acids is 2. The molecule has 2 saturated heterocycles.